The highest BCUT2D eigenvalue weighted by Crippen LogP contribution is 2.43. The zero-order chi connectivity index (χ0) is 19.0. The molecule has 0 unspecified atom stereocenters. The van der Waals surface area contributed by atoms with Crippen LogP contribution >= 0.6 is 0 Å². The number of amides is 1. The summed E-state index contributed by atoms with van der Waals surface area (Å²) < 4.78 is 0. The molecule has 0 saturated heterocycles. The molecule has 1 amide bonds. The van der Waals surface area contributed by atoms with Gasteiger partial charge in [-0.2, -0.15) is 0 Å². The number of rotatable bonds is 4. The smallest absolute Gasteiger partial charge is 0.221 e. The maximum absolute atomic E-state index is 11.8. The van der Waals surface area contributed by atoms with E-state index in [1.54, 1.807) is 0 Å². The quantitative estimate of drug-likeness (QED) is 0.419. The van der Waals surface area contributed by atoms with Crippen molar-refractivity contribution in [1.29, 1.82) is 0 Å². The van der Waals surface area contributed by atoms with Crippen LogP contribution in [-0.4, -0.2) is 16.0 Å². The van der Waals surface area contributed by atoms with E-state index in [1.807, 2.05) is 31.2 Å². The van der Waals surface area contributed by atoms with Crippen LogP contribution in [0.1, 0.15) is 43.7 Å². The highest BCUT2D eigenvalue weighted by molar-refractivity contribution is 6.18. The highest BCUT2D eigenvalue weighted by Gasteiger charge is 2.22. The Kier molecular flexibility index (Phi) is 4.65. The van der Waals surface area contributed by atoms with E-state index < -0.39 is 0 Å². The van der Waals surface area contributed by atoms with E-state index in [0.717, 1.165) is 58.6 Å². The Hall–Kier alpha value is -2.75. The molecular formula is C23H26N2O2. The van der Waals surface area contributed by atoms with Crippen LogP contribution in [0, 0.1) is 12.8 Å². The Balaban J connectivity index is 1.86. The number of hydrogen-bond donors (Lipinski definition) is 3. The lowest BCUT2D eigenvalue weighted by molar-refractivity contribution is -0.114. The summed E-state index contributed by atoms with van der Waals surface area (Å²) in [5.74, 6) is 0.699. The summed E-state index contributed by atoms with van der Waals surface area (Å²) in [6.07, 6.45) is 10.1. The number of H-pyrrole nitrogens is 1. The number of hydrogen-bond acceptors (Lipinski definition) is 2. The van der Waals surface area contributed by atoms with Crippen molar-refractivity contribution in [2.45, 2.75) is 46.0 Å². The number of carbonyl (C=O) groups excluding carboxylic acids is 1. The predicted molar refractivity (Wildman–Crippen MR) is 111 cm³/mol. The van der Waals surface area contributed by atoms with Crippen molar-refractivity contribution in [2.75, 3.05) is 5.32 Å². The van der Waals surface area contributed by atoms with Crippen molar-refractivity contribution in [3.05, 3.63) is 47.5 Å². The second-order valence-electron chi connectivity index (χ2n) is 7.62. The molecule has 0 bridgehead atoms. The third-order valence-electron chi connectivity index (χ3n) is 5.78. The van der Waals surface area contributed by atoms with Gasteiger partial charge in [-0.1, -0.05) is 30.4 Å². The topological polar surface area (TPSA) is 65.1 Å². The third kappa shape index (κ3) is 3.20. The molecule has 4 heteroatoms. The molecule has 1 aliphatic carbocycles. The van der Waals surface area contributed by atoms with Gasteiger partial charge in [0.1, 0.15) is 5.75 Å². The standard InChI is InChI=1S/C23H26N2O2/c1-14-17(13-12-16-8-4-3-5-9-16)21-20(22(23(14)27)24-15(2)26)18-10-6-7-11-19(18)25-21/h3-4,6-7,10-11,16,25,27H,5,8-9,12-13H2,1-2H3,(H,24,26)/t16-/m1/s1. The van der Waals surface area contributed by atoms with Crippen molar-refractivity contribution in [1.82, 2.24) is 4.98 Å². The number of para-hydroxylation sites is 1. The van der Waals surface area contributed by atoms with Crippen molar-refractivity contribution in [3.63, 3.8) is 0 Å². The number of aromatic nitrogens is 1. The normalized spacial score (nSPS) is 16.9. The number of aryl methyl sites for hydroxylation is 1. The number of carbonyl (C=O) groups is 1. The number of anilines is 1. The van der Waals surface area contributed by atoms with Gasteiger partial charge < -0.3 is 15.4 Å². The zero-order valence-electron chi connectivity index (χ0n) is 15.9. The maximum atomic E-state index is 11.8. The van der Waals surface area contributed by atoms with E-state index in [4.69, 9.17) is 0 Å². The first kappa shape index (κ1) is 17.7. The molecule has 1 aliphatic rings. The summed E-state index contributed by atoms with van der Waals surface area (Å²) >= 11 is 0. The van der Waals surface area contributed by atoms with Gasteiger partial charge in [-0.05, 0) is 62.1 Å². The molecule has 0 aliphatic heterocycles. The summed E-state index contributed by atoms with van der Waals surface area (Å²) in [6, 6.07) is 8.05. The maximum Gasteiger partial charge on any atom is 0.221 e. The van der Waals surface area contributed by atoms with Crippen molar-refractivity contribution in [3.8, 4) is 5.75 Å². The first-order chi connectivity index (χ1) is 13.1. The molecule has 1 atom stereocenters. The molecule has 2 aromatic carbocycles. The van der Waals surface area contributed by atoms with Crippen LogP contribution in [0.5, 0.6) is 5.75 Å². The summed E-state index contributed by atoms with van der Waals surface area (Å²) in [5, 5.41) is 15.7. The molecule has 4 rings (SSSR count). The minimum Gasteiger partial charge on any atom is -0.505 e. The van der Waals surface area contributed by atoms with Gasteiger partial charge in [0.2, 0.25) is 5.91 Å². The van der Waals surface area contributed by atoms with Gasteiger partial charge in [0, 0.05) is 23.2 Å². The van der Waals surface area contributed by atoms with Gasteiger partial charge in [-0.25, -0.2) is 0 Å². The number of nitrogens with one attached hydrogen (secondary N) is 2. The first-order valence-corrected chi connectivity index (χ1v) is 9.73. The summed E-state index contributed by atoms with van der Waals surface area (Å²) in [7, 11) is 0. The van der Waals surface area contributed by atoms with Gasteiger partial charge in [0.15, 0.2) is 0 Å². The van der Waals surface area contributed by atoms with Crippen molar-refractivity contribution >= 4 is 33.4 Å². The molecule has 140 valence electrons. The molecule has 3 N–H and O–H groups in total. The van der Waals surface area contributed by atoms with Crippen molar-refractivity contribution < 1.29 is 9.90 Å². The molecule has 0 radical (unpaired) electrons. The summed E-state index contributed by atoms with van der Waals surface area (Å²) in [4.78, 5) is 15.3. The number of phenolic OH excluding ortho intramolecular Hbond substituents is 1. The Bertz CT molecular complexity index is 1050. The first-order valence-electron chi connectivity index (χ1n) is 9.73. The average molecular weight is 362 g/mol. The van der Waals surface area contributed by atoms with Crippen LogP contribution < -0.4 is 5.32 Å². The third-order valence-corrected chi connectivity index (χ3v) is 5.78. The predicted octanol–water partition coefficient (Wildman–Crippen LogP) is 5.58. The molecule has 0 spiro atoms. The molecule has 27 heavy (non-hydrogen) atoms. The lowest BCUT2D eigenvalue weighted by Crippen LogP contribution is -2.09. The van der Waals surface area contributed by atoms with Gasteiger partial charge in [-0.15, -0.1) is 0 Å². The monoisotopic (exact) mass is 362 g/mol. The summed E-state index contributed by atoms with van der Waals surface area (Å²) in [6.45, 7) is 3.42. The van der Waals surface area contributed by atoms with E-state index in [9.17, 15) is 9.90 Å². The van der Waals surface area contributed by atoms with Gasteiger partial charge in [-0.3, -0.25) is 4.79 Å². The minimum atomic E-state index is -0.182. The van der Waals surface area contributed by atoms with Gasteiger partial charge in [0.25, 0.3) is 0 Å². The van der Waals surface area contributed by atoms with Crippen molar-refractivity contribution in [2.24, 2.45) is 5.92 Å². The number of aromatic amines is 1. The van der Waals surface area contributed by atoms with Crippen LogP contribution in [0.4, 0.5) is 5.69 Å². The molecule has 0 saturated carbocycles. The van der Waals surface area contributed by atoms with Crippen LogP contribution in [0.3, 0.4) is 0 Å². The fourth-order valence-corrected chi connectivity index (χ4v) is 4.34. The Morgan fingerprint density at radius 1 is 1.30 bits per heavy atom. The number of aromatic hydroxyl groups is 1. The van der Waals surface area contributed by atoms with Gasteiger partial charge >= 0.3 is 0 Å². The van der Waals surface area contributed by atoms with E-state index in [-0.39, 0.29) is 11.7 Å². The fraction of sp³-hybridized carbons (Fsp3) is 0.348. The van der Waals surface area contributed by atoms with Crippen LogP contribution in [0.25, 0.3) is 21.8 Å². The molecule has 4 nitrogen and oxygen atoms in total. The summed E-state index contributed by atoms with van der Waals surface area (Å²) in [5.41, 5.74) is 4.57. The molecule has 1 aromatic heterocycles. The van der Waals surface area contributed by atoms with E-state index >= 15 is 0 Å². The Morgan fingerprint density at radius 3 is 2.85 bits per heavy atom. The Labute approximate surface area is 159 Å². The molecular weight excluding hydrogens is 336 g/mol. The SMILES string of the molecule is CC(=O)Nc1c(O)c(C)c(CC[C@@H]2CC=CCC2)c2[nH]c3ccccc3c12. The van der Waals surface area contributed by atoms with Crippen LogP contribution in [0.2, 0.25) is 0 Å². The number of phenols is 1. The number of allylic oxidation sites excluding steroid dienone is 2. The largest absolute Gasteiger partial charge is 0.505 e. The second kappa shape index (κ2) is 7.10. The molecule has 1 heterocycles. The highest BCUT2D eigenvalue weighted by atomic mass is 16.3. The number of fused-ring (bicyclic) bond motifs is 3. The van der Waals surface area contributed by atoms with Crippen LogP contribution in [0.15, 0.2) is 36.4 Å². The molecule has 3 aromatic rings. The van der Waals surface area contributed by atoms with E-state index in [2.05, 4.69) is 22.5 Å². The minimum absolute atomic E-state index is 0.181. The fourth-order valence-electron chi connectivity index (χ4n) is 4.34. The van der Waals surface area contributed by atoms with E-state index in [0.29, 0.717) is 11.6 Å². The number of benzene rings is 2. The Morgan fingerprint density at radius 2 is 2.11 bits per heavy atom. The van der Waals surface area contributed by atoms with E-state index in [1.165, 1.54) is 13.3 Å². The second-order valence-corrected chi connectivity index (χ2v) is 7.62. The van der Waals surface area contributed by atoms with Gasteiger partial charge in [0.05, 0.1) is 11.2 Å². The lowest BCUT2D eigenvalue weighted by Gasteiger charge is -2.20. The lowest BCUT2D eigenvalue weighted by atomic mass is 9.87. The zero-order valence-corrected chi connectivity index (χ0v) is 15.9. The van der Waals surface area contributed by atoms with Crippen LogP contribution in [-0.2, 0) is 11.2 Å². The average Bonchev–Trinajstić information content (AvgIpc) is 3.05. The molecule has 0 fully saturated rings.